The second-order valence-corrected chi connectivity index (χ2v) is 3.10. The maximum atomic E-state index is 11.1. The molecule has 0 aliphatic rings. The summed E-state index contributed by atoms with van der Waals surface area (Å²) in [7, 11) is 0. The molecule has 0 aromatic carbocycles. The van der Waals surface area contributed by atoms with Gasteiger partial charge in [0, 0.05) is 6.54 Å². The summed E-state index contributed by atoms with van der Waals surface area (Å²) < 4.78 is 4.68. The molecule has 0 aromatic rings. The number of imide groups is 1. The van der Waals surface area contributed by atoms with Crippen molar-refractivity contribution in [2.75, 3.05) is 13.2 Å². The molecule has 0 saturated carbocycles. The Hall–Kier alpha value is -1.63. The van der Waals surface area contributed by atoms with Crippen LogP contribution in [0.5, 0.6) is 0 Å². The standard InChI is InChI=1S/C9H16N2O5/c1-3-4-10-9(15)11-7(12)5-16-6(2)8(13)14/h6H,3-5H2,1-2H3,(H,13,14)(H2,10,11,12,15). The zero-order valence-corrected chi connectivity index (χ0v) is 9.28. The molecule has 0 saturated heterocycles. The lowest BCUT2D eigenvalue weighted by atomic mass is 10.4. The molecule has 0 heterocycles. The Morgan fingerprint density at radius 2 is 2.00 bits per heavy atom. The van der Waals surface area contributed by atoms with Gasteiger partial charge in [0.05, 0.1) is 0 Å². The quantitative estimate of drug-likeness (QED) is 0.583. The minimum atomic E-state index is -1.16. The minimum Gasteiger partial charge on any atom is -0.479 e. The Balaban J connectivity index is 3.74. The maximum Gasteiger partial charge on any atom is 0.332 e. The van der Waals surface area contributed by atoms with Crippen LogP contribution in [0.3, 0.4) is 0 Å². The van der Waals surface area contributed by atoms with Gasteiger partial charge in [-0.05, 0) is 13.3 Å². The maximum absolute atomic E-state index is 11.1. The third-order valence-electron chi connectivity index (χ3n) is 1.60. The molecular formula is C9H16N2O5. The van der Waals surface area contributed by atoms with Crippen molar-refractivity contribution in [2.24, 2.45) is 0 Å². The lowest BCUT2D eigenvalue weighted by Gasteiger charge is -2.08. The molecule has 7 nitrogen and oxygen atoms in total. The number of hydrogen-bond acceptors (Lipinski definition) is 4. The van der Waals surface area contributed by atoms with E-state index in [2.05, 4.69) is 10.1 Å². The average molecular weight is 232 g/mol. The molecule has 0 radical (unpaired) electrons. The van der Waals surface area contributed by atoms with Crippen molar-refractivity contribution in [2.45, 2.75) is 26.4 Å². The summed E-state index contributed by atoms with van der Waals surface area (Å²) in [6.07, 6.45) is -0.321. The molecule has 0 aliphatic carbocycles. The van der Waals surface area contributed by atoms with E-state index in [-0.39, 0.29) is 0 Å². The highest BCUT2D eigenvalue weighted by atomic mass is 16.5. The van der Waals surface area contributed by atoms with Gasteiger partial charge in [-0.2, -0.15) is 0 Å². The Morgan fingerprint density at radius 3 is 2.50 bits per heavy atom. The molecule has 0 aromatic heterocycles. The van der Waals surface area contributed by atoms with Gasteiger partial charge in [-0.25, -0.2) is 9.59 Å². The van der Waals surface area contributed by atoms with Crippen LogP contribution in [-0.2, 0) is 14.3 Å². The molecule has 0 fully saturated rings. The van der Waals surface area contributed by atoms with E-state index in [1.54, 1.807) is 0 Å². The van der Waals surface area contributed by atoms with Crippen LogP contribution in [0.1, 0.15) is 20.3 Å². The third-order valence-corrected chi connectivity index (χ3v) is 1.60. The summed E-state index contributed by atoms with van der Waals surface area (Å²) in [6.45, 7) is 3.17. The second-order valence-electron chi connectivity index (χ2n) is 3.10. The van der Waals surface area contributed by atoms with E-state index in [0.717, 1.165) is 6.42 Å². The van der Waals surface area contributed by atoms with E-state index in [9.17, 15) is 14.4 Å². The predicted octanol–water partition coefficient (Wildman–Crippen LogP) is -0.288. The van der Waals surface area contributed by atoms with Gasteiger partial charge >= 0.3 is 12.0 Å². The summed E-state index contributed by atoms with van der Waals surface area (Å²) >= 11 is 0. The smallest absolute Gasteiger partial charge is 0.332 e. The molecule has 3 N–H and O–H groups in total. The Morgan fingerprint density at radius 1 is 1.38 bits per heavy atom. The molecule has 1 atom stereocenters. The van der Waals surface area contributed by atoms with Crippen molar-refractivity contribution >= 4 is 17.9 Å². The van der Waals surface area contributed by atoms with Gasteiger partial charge in [0.2, 0.25) is 0 Å². The first-order chi connectivity index (χ1) is 7.47. The average Bonchev–Trinajstić information content (AvgIpc) is 2.22. The van der Waals surface area contributed by atoms with Crippen molar-refractivity contribution in [3.63, 3.8) is 0 Å². The fourth-order valence-electron chi connectivity index (χ4n) is 0.717. The van der Waals surface area contributed by atoms with Gasteiger partial charge < -0.3 is 15.2 Å². The summed E-state index contributed by atoms with van der Waals surface area (Å²) in [4.78, 5) is 32.4. The van der Waals surface area contributed by atoms with E-state index in [0.29, 0.717) is 6.54 Å². The van der Waals surface area contributed by atoms with Gasteiger partial charge in [-0.3, -0.25) is 10.1 Å². The lowest BCUT2D eigenvalue weighted by Crippen LogP contribution is -2.42. The van der Waals surface area contributed by atoms with E-state index >= 15 is 0 Å². The molecule has 0 bridgehead atoms. The van der Waals surface area contributed by atoms with Crippen LogP contribution in [0.25, 0.3) is 0 Å². The highest BCUT2D eigenvalue weighted by Gasteiger charge is 2.14. The summed E-state index contributed by atoms with van der Waals surface area (Å²) in [5.74, 6) is -1.84. The molecule has 7 heteroatoms. The van der Waals surface area contributed by atoms with Crippen LogP contribution in [0.2, 0.25) is 0 Å². The minimum absolute atomic E-state index is 0.464. The SMILES string of the molecule is CCCNC(=O)NC(=O)COC(C)C(=O)O. The number of hydrogen-bond donors (Lipinski definition) is 3. The fourth-order valence-corrected chi connectivity index (χ4v) is 0.717. The summed E-state index contributed by atoms with van der Waals surface area (Å²) in [5, 5.41) is 12.9. The van der Waals surface area contributed by atoms with E-state index in [1.165, 1.54) is 6.92 Å². The molecule has 92 valence electrons. The second kappa shape index (κ2) is 7.63. The number of urea groups is 1. The number of carbonyl (C=O) groups excluding carboxylic acids is 2. The highest BCUT2D eigenvalue weighted by Crippen LogP contribution is 1.89. The number of nitrogens with one attached hydrogen (secondary N) is 2. The molecule has 0 spiro atoms. The topological polar surface area (TPSA) is 105 Å². The number of carboxylic acid groups (broad SMARTS) is 1. The monoisotopic (exact) mass is 232 g/mol. The molecule has 0 aliphatic heterocycles. The first-order valence-electron chi connectivity index (χ1n) is 4.89. The van der Waals surface area contributed by atoms with Crippen LogP contribution in [0, 0.1) is 0 Å². The molecule has 16 heavy (non-hydrogen) atoms. The Labute approximate surface area is 93.2 Å². The normalized spacial score (nSPS) is 11.6. The van der Waals surface area contributed by atoms with Crippen molar-refractivity contribution in [1.29, 1.82) is 0 Å². The first kappa shape index (κ1) is 14.4. The fraction of sp³-hybridized carbons (Fsp3) is 0.667. The first-order valence-corrected chi connectivity index (χ1v) is 4.89. The van der Waals surface area contributed by atoms with Crippen LogP contribution in [0.15, 0.2) is 0 Å². The Kier molecular flexibility index (Phi) is 6.86. The molecular weight excluding hydrogens is 216 g/mol. The third kappa shape index (κ3) is 6.77. The predicted molar refractivity (Wildman–Crippen MR) is 54.9 cm³/mol. The van der Waals surface area contributed by atoms with Crippen molar-refractivity contribution in [3.8, 4) is 0 Å². The number of aliphatic carboxylic acids is 1. The van der Waals surface area contributed by atoms with Crippen molar-refractivity contribution in [3.05, 3.63) is 0 Å². The molecule has 0 rings (SSSR count). The van der Waals surface area contributed by atoms with Crippen LogP contribution in [0.4, 0.5) is 4.79 Å². The van der Waals surface area contributed by atoms with Gasteiger partial charge in [-0.15, -0.1) is 0 Å². The van der Waals surface area contributed by atoms with E-state index < -0.39 is 30.6 Å². The van der Waals surface area contributed by atoms with Crippen LogP contribution in [-0.4, -0.2) is 42.3 Å². The Bertz CT molecular complexity index is 267. The van der Waals surface area contributed by atoms with Crippen LogP contribution < -0.4 is 10.6 Å². The molecule has 3 amide bonds. The number of carbonyl (C=O) groups is 3. The van der Waals surface area contributed by atoms with E-state index in [4.69, 9.17) is 5.11 Å². The number of ether oxygens (including phenoxy) is 1. The largest absolute Gasteiger partial charge is 0.479 e. The van der Waals surface area contributed by atoms with E-state index in [1.807, 2.05) is 12.2 Å². The van der Waals surface area contributed by atoms with Gasteiger partial charge in [0.25, 0.3) is 5.91 Å². The lowest BCUT2D eigenvalue weighted by molar-refractivity contribution is -0.150. The number of carboxylic acids is 1. The number of amides is 3. The summed E-state index contributed by atoms with van der Waals surface area (Å²) in [6, 6.07) is -0.613. The zero-order chi connectivity index (χ0) is 12.6. The molecule has 1 unspecified atom stereocenters. The highest BCUT2D eigenvalue weighted by molar-refractivity contribution is 5.94. The van der Waals surface area contributed by atoms with Gasteiger partial charge in [0.15, 0.2) is 6.10 Å². The summed E-state index contributed by atoms with van der Waals surface area (Å²) in [5.41, 5.74) is 0. The van der Waals surface area contributed by atoms with Gasteiger partial charge in [0.1, 0.15) is 6.61 Å². The van der Waals surface area contributed by atoms with Crippen LogP contribution >= 0.6 is 0 Å². The number of rotatable bonds is 6. The van der Waals surface area contributed by atoms with Gasteiger partial charge in [-0.1, -0.05) is 6.92 Å². The van der Waals surface area contributed by atoms with Crippen molar-refractivity contribution < 1.29 is 24.2 Å². The van der Waals surface area contributed by atoms with Crippen molar-refractivity contribution in [1.82, 2.24) is 10.6 Å². The zero-order valence-electron chi connectivity index (χ0n) is 9.28.